The van der Waals surface area contributed by atoms with Gasteiger partial charge in [0.1, 0.15) is 5.82 Å². The highest BCUT2D eigenvalue weighted by molar-refractivity contribution is 5.93. The SMILES string of the molecule is C[C@H]1C[C@@H](C(=O)Nc2cccc(-c3nnc4n3CCCCC4)c2)CCN1. The first-order chi connectivity index (χ1) is 12.7. The lowest BCUT2D eigenvalue weighted by Crippen LogP contribution is -2.40. The van der Waals surface area contributed by atoms with Crippen molar-refractivity contribution < 1.29 is 4.79 Å². The smallest absolute Gasteiger partial charge is 0.227 e. The number of aryl methyl sites for hydroxylation is 1. The highest BCUT2D eigenvalue weighted by atomic mass is 16.1. The molecular formula is C20H27N5O. The third kappa shape index (κ3) is 3.65. The summed E-state index contributed by atoms with van der Waals surface area (Å²) in [6.07, 6.45) is 6.38. The summed E-state index contributed by atoms with van der Waals surface area (Å²) >= 11 is 0. The van der Waals surface area contributed by atoms with Gasteiger partial charge >= 0.3 is 0 Å². The molecule has 0 saturated carbocycles. The fourth-order valence-electron chi connectivity index (χ4n) is 4.05. The average Bonchev–Trinajstić information content (AvgIpc) is 2.90. The molecule has 2 atom stereocenters. The van der Waals surface area contributed by atoms with E-state index in [4.69, 9.17) is 0 Å². The minimum Gasteiger partial charge on any atom is -0.326 e. The number of aromatic nitrogens is 3. The normalized spacial score (nSPS) is 23.1. The lowest BCUT2D eigenvalue weighted by Gasteiger charge is -2.27. The van der Waals surface area contributed by atoms with Crippen molar-refractivity contribution in [2.75, 3.05) is 11.9 Å². The molecule has 6 nitrogen and oxygen atoms in total. The van der Waals surface area contributed by atoms with Gasteiger partial charge in [0.15, 0.2) is 5.82 Å². The number of benzene rings is 1. The Morgan fingerprint density at radius 1 is 1.27 bits per heavy atom. The van der Waals surface area contributed by atoms with Crippen LogP contribution in [0.2, 0.25) is 0 Å². The minimum atomic E-state index is 0.0827. The second-order valence-corrected chi connectivity index (χ2v) is 7.55. The van der Waals surface area contributed by atoms with Crippen LogP contribution in [0.3, 0.4) is 0 Å². The van der Waals surface area contributed by atoms with Crippen molar-refractivity contribution >= 4 is 11.6 Å². The largest absolute Gasteiger partial charge is 0.326 e. The van der Waals surface area contributed by atoms with Crippen LogP contribution in [0.4, 0.5) is 5.69 Å². The number of carbonyl (C=O) groups is 1. The first-order valence-electron chi connectivity index (χ1n) is 9.77. The van der Waals surface area contributed by atoms with Crippen LogP contribution in [0.25, 0.3) is 11.4 Å². The van der Waals surface area contributed by atoms with Gasteiger partial charge in [-0.1, -0.05) is 18.6 Å². The van der Waals surface area contributed by atoms with Crippen molar-refractivity contribution in [2.45, 2.75) is 58.0 Å². The Kier molecular flexibility index (Phi) is 5.02. The molecule has 26 heavy (non-hydrogen) atoms. The van der Waals surface area contributed by atoms with Crippen molar-refractivity contribution in [1.82, 2.24) is 20.1 Å². The molecule has 2 aromatic rings. The maximum absolute atomic E-state index is 12.6. The highest BCUT2D eigenvalue weighted by Crippen LogP contribution is 2.26. The highest BCUT2D eigenvalue weighted by Gasteiger charge is 2.25. The summed E-state index contributed by atoms with van der Waals surface area (Å²) in [5.74, 6) is 2.19. The number of carbonyl (C=O) groups excluding carboxylic acids is 1. The molecule has 0 spiro atoms. The number of nitrogens with zero attached hydrogens (tertiary/aromatic N) is 3. The Hall–Kier alpha value is -2.21. The van der Waals surface area contributed by atoms with Gasteiger partial charge in [0, 0.05) is 36.2 Å². The number of nitrogens with one attached hydrogen (secondary N) is 2. The van der Waals surface area contributed by atoms with E-state index < -0.39 is 0 Å². The van der Waals surface area contributed by atoms with E-state index in [0.29, 0.717) is 6.04 Å². The van der Waals surface area contributed by atoms with Crippen LogP contribution < -0.4 is 10.6 Å². The Morgan fingerprint density at radius 3 is 3.08 bits per heavy atom. The number of amides is 1. The van der Waals surface area contributed by atoms with Gasteiger partial charge in [-0.15, -0.1) is 10.2 Å². The third-order valence-electron chi connectivity index (χ3n) is 5.49. The number of fused-ring (bicyclic) bond motifs is 1. The second kappa shape index (κ2) is 7.58. The maximum atomic E-state index is 12.6. The summed E-state index contributed by atoms with van der Waals surface area (Å²) in [6.45, 7) is 4.02. The molecule has 138 valence electrons. The molecule has 1 amide bonds. The molecule has 6 heteroatoms. The number of hydrogen-bond donors (Lipinski definition) is 2. The van der Waals surface area contributed by atoms with E-state index in [1.54, 1.807) is 0 Å². The molecule has 4 rings (SSSR count). The van der Waals surface area contributed by atoms with E-state index in [1.165, 1.54) is 19.3 Å². The van der Waals surface area contributed by atoms with Crippen LogP contribution >= 0.6 is 0 Å². The van der Waals surface area contributed by atoms with E-state index >= 15 is 0 Å². The van der Waals surface area contributed by atoms with Gasteiger partial charge in [-0.25, -0.2) is 0 Å². The van der Waals surface area contributed by atoms with E-state index in [1.807, 2.05) is 24.3 Å². The molecule has 2 N–H and O–H groups in total. The van der Waals surface area contributed by atoms with E-state index in [-0.39, 0.29) is 11.8 Å². The maximum Gasteiger partial charge on any atom is 0.227 e. The molecule has 1 saturated heterocycles. The monoisotopic (exact) mass is 353 g/mol. The number of rotatable bonds is 3. The summed E-state index contributed by atoms with van der Waals surface area (Å²) in [5, 5.41) is 15.3. The van der Waals surface area contributed by atoms with Crippen LogP contribution in [-0.4, -0.2) is 33.3 Å². The molecule has 0 bridgehead atoms. The van der Waals surface area contributed by atoms with Gasteiger partial charge in [0.2, 0.25) is 5.91 Å². The zero-order chi connectivity index (χ0) is 17.9. The topological polar surface area (TPSA) is 71.8 Å². The van der Waals surface area contributed by atoms with Crippen molar-refractivity contribution in [3.63, 3.8) is 0 Å². The first-order valence-corrected chi connectivity index (χ1v) is 9.77. The van der Waals surface area contributed by atoms with E-state index in [2.05, 4.69) is 32.3 Å². The summed E-state index contributed by atoms with van der Waals surface area (Å²) in [7, 11) is 0. The summed E-state index contributed by atoms with van der Waals surface area (Å²) < 4.78 is 2.24. The van der Waals surface area contributed by atoms with Crippen molar-refractivity contribution in [1.29, 1.82) is 0 Å². The molecular weight excluding hydrogens is 326 g/mol. The molecule has 2 aliphatic heterocycles. The zero-order valence-electron chi connectivity index (χ0n) is 15.4. The Balaban J connectivity index is 1.52. The number of hydrogen-bond acceptors (Lipinski definition) is 4. The molecule has 0 radical (unpaired) electrons. The Labute approximate surface area is 154 Å². The van der Waals surface area contributed by atoms with Gasteiger partial charge in [-0.2, -0.15) is 0 Å². The van der Waals surface area contributed by atoms with Gasteiger partial charge in [-0.05, 0) is 51.3 Å². The van der Waals surface area contributed by atoms with Gasteiger partial charge in [0.25, 0.3) is 0 Å². The summed E-state index contributed by atoms with van der Waals surface area (Å²) in [4.78, 5) is 12.6. The van der Waals surface area contributed by atoms with Crippen LogP contribution in [-0.2, 0) is 17.8 Å². The van der Waals surface area contributed by atoms with E-state index in [0.717, 1.165) is 55.3 Å². The fraction of sp³-hybridized carbons (Fsp3) is 0.550. The predicted octanol–water partition coefficient (Wildman–Crippen LogP) is 3.00. The molecule has 1 fully saturated rings. The Morgan fingerprint density at radius 2 is 2.19 bits per heavy atom. The van der Waals surface area contributed by atoms with Crippen molar-refractivity contribution in [2.24, 2.45) is 5.92 Å². The zero-order valence-corrected chi connectivity index (χ0v) is 15.4. The van der Waals surface area contributed by atoms with Gasteiger partial charge in [-0.3, -0.25) is 4.79 Å². The minimum absolute atomic E-state index is 0.0827. The number of anilines is 1. The molecule has 0 unspecified atom stereocenters. The standard InChI is InChI=1S/C20H27N5O/c1-14-12-16(9-10-21-14)20(26)22-17-7-5-6-15(13-17)19-24-23-18-8-3-2-4-11-25(18)19/h5-7,13-14,16,21H,2-4,8-12H2,1H3,(H,22,26)/t14-,16-/m0/s1. The van der Waals surface area contributed by atoms with Crippen molar-refractivity contribution in [3.05, 3.63) is 30.1 Å². The first kappa shape index (κ1) is 17.2. The molecule has 1 aromatic heterocycles. The lowest BCUT2D eigenvalue weighted by molar-refractivity contribution is -0.120. The van der Waals surface area contributed by atoms with Gasteiger partial charge in [0.05, 0.1) is 0 Å². The predicted molar refractivity (Wildman–Crippen MR) is 102 cm³/mol. The quantitative estimate of drug-likeness (QED) is 0.890. The average molecular weight is 353 g/mol. The van der Waals surface area contributed by atoms with Crippen molar-refractivity contribution in [3.8, 4) is 11.4 Å². The second-order valence-electron chi connectivity index (χ2n) is 7.55. The molecule has 1 aromatic carbocycles. The molecule has 3 heterocycles. The van der Waals surface area contributed by atoms with Gasteiger partial charge < -0.3 is 15.2 Å². The van der Waals surface area contributed by atoms with Crippen LogP contribution in [0.5, 0.6) is 0 Å². The third-order valence-corrected chi connectivity index (χ3v) is 5.49. The molecule has 2 aliphatic rings. The summed E-state index contributed by atoms with van der Waals surface area (Å²) in [5.41, 5.74) is 1.85. The summed E-state index contributed by atoms with van der Waals surface area (Å²) in [6, 6.07) is 8.40. The van der Waals surface area contributed by atoms with Crippen LogP contribution in [0.1, 0.15) is 44.9 Å². The van der Waals surface area contributed by atoms with Crippen LogP contribution in [0, 0.1) is 5.92 Å². The molecule has 0 aliphatic carbocycles. The Bertz CT molecular complexity index is 784. The number of piperidine rings is 1. The van der Waals surface area contributed by atoms with E-state index in [9.17, 15) is 4.79 Å². The lowest BCUT2D eigenvalue weighted by atomic mass is 9.92. The fourth-order valence-corrected chi connectivity index (χ4v) is 4.05. The van der Waals surface area contributed by atoms with Crippen LogP contribution in [0.15, 0.2) is 24.3 Å².